The third-order valence-corrected chi connectivity index (χ3v) is 7.56. The van der Waals surface area contributed by atoms with Gasteiger partial charge < -0.3 is 31.3 Å². The average Bonchev–Trinajstić information content (AvgIpc) is 3.35. The summed E-state index contributed by atoms with van der Waals surface area (Å²) in [7, 11) is 1.50. The van der Waals surface area contributed by atoms with E-state index in [4.69, 9.17) is 9.59 Å². The van der Waals surface area contributed by atoms with E-state index >= 15 is 0 Å². The number of amides is 3. The summed E-state index contributed by atoms with van der Waals surface area (Å²) in [5.74, 6) is -1.16. The molecule has 45 heavy (non-hydrogen) atoms. The maximum absolute atomic E-state index is 13.3. The first-order valence-electron chi connectivity index (χ1n) is 14.7. The van der Waals surface area contributed by atoms with Gasteiger partial charge in [0.05, 0.1) is 6.42 Å². The van der Waals surface area contributed by atoms with Crippen molar-refractivity contribution >= 4 is 47.2 Å². The molecule has 3 amide bonds. The van der Waals surface area contributed by atoms with Crippen LogP contribution in [0.1, 0.15) is 67.8 Å². The topological polar surface area (TPSA) is 147 Å². The standard InChI is InChI=1S/C32H38BrN3O3.CH5N.2CH2O/c1-4-26(33)20-15-23(3)34-30(37)21-29(32(39)35-27-12-7-5-6-8-13-27)36-31(38)25-18-16-24(17-19-25)28-14-10-9-11-22(28)2;3*1-2/h4,9-11,14-20,27,29H,3,5-8,12-13,21H2,1-2H3,(H,34,37)(H,35,39)(H,36,38);2H2,1H3;2*1H2/b20-15-,26-4+;;;. The molecule has 0 saturated heterocycles. The number of nitrogens with two attached hydrogens (primary N) is 1. The van der Waals surface area contributed by atoms with Gasteiger partial charge in [-0.15, -0.1) is 0 Å². The Labute approximate surface area is 275 Å². The largest absolute Gasteiger partial charge is 0.352 e. The molecule has 0 radical (unpaired) electrons. The van der Waals surface area contributed by atoms with E-state index < -0.39 is 17.9 Å². The molecule has 1 unspecified atom stereocenters. The molecule has 0 aliphatic heterocycles. The summed E-state index contributed by atoms with van der Waals surface area (Å²) in [6.07, 6.45) is 11.3. The fourth-order valence-electron chi connectivity index (χ4n) is 4.61. The van der Waals surface area contributed by atoms with E-state index in [0.29, 0.717) is 11.3 Å². The lowest BCUT2D eigenvalue weighted by molar-refractivity contribution is -0.128. The van der Waals surface area contributed by atoms with Crippen LogP contribution in [0.4, 0.5) is 0 Å². The van der Waals surface area contributed by atoms with Crippen molar-refractivity contribution in [3.63, 3.8) is 0 Å². The molecule has 2 aromatic rings. The van der Waals surface area contributed by atoms with E-state index in [9.17, 15) is 14.4 Å². The highest BCUT2D eigenvalue weighted by molar-refractivity contribution is 9.11. The zero-order valence-corrected chi connectivity index (χ0v) is 28.2. The molecule has 3 rings (SSSR count). The number of hydrogen-bond acceptors (Lipinski definition) is 6. The second-order valence-electron chi connectivity index (χ2n) is 9.90. The number of aryl methyl sites for hydroxylation is 1. The molecule has 1 atom stereocenters. The van der Waals surface area contributed by atoms with E-state index in [1.807, 2.05) is 69.9 Å². The lowest BCUT2D eigenvalue weighted by Crippen LogP contribution is -2.51. The second-order valence-corrected chi connectivity index (χ2v) is 10.8. The van der Waals surface area contributed by atoms with Gasteiger partial charge in [0.15, 0.2) is 0 Å². The highest BCUT2D eigenvalue weighted by Gasteiger charge is 2.27. The van der Waals surface area contributed by atoms with Crippen molar-refractivity contribution in [1.82, 2.24) is 16.0 Å². The number of benzene rings is 2. The van der Waals surface area contributed by atoms with Gasteiger partial charge in [-0.1, -0.05) is 90.7 Å². The fourth-order valence-corrected chi connectivity index (χ4v) is 4.74. The van der Waals surface area contributed by atoms with Gasteiger partial charge in [0.25, 0.3) is 5.91 Å². The Kier molecular flexibility index (Phi) is 22.0. The van der Waals surface area contributed by atoms with Crippen LogP contribution in [0, 0.1) is 6.92 Å². The van der Waals surface area contributed by atoms with Gasteiger partial charge in [0.2, 0.25) is 11.8 Å². The summed E-state index contributed by atoms with van der Waals surface area (Å²) in [5, 5.41) is 8.57. The van der Waals surface area contributed by atoms with Crippen molar-refractivity contribution in [2.24, 2.45) is 5.73 Å². The maximum atomic E-state index is 13.3. The van der Waals surface area contributed by atoms with Crippen LogP contribution < -0.4 is 21.7 Å². The van der Waals surface area contributed by atoms with Crippen LogP contribution in [0.25, 0.3) is 11.1 Å². The van der Waals surface area contributed by atoms with Crippen LogP contribution in [0.15, 0.2) is 83.5 Å². The predicted octanol–water partition coefficient (Wildman–Crippen LogP) is 5.68. The minimum absolute atomic E-state index is 0.0481. The van der Waals surface area contributed by atoms with Gasteiger partial charge in [0, 0.05) is 21.8 Å². The number of halogens is 1. The third-order valence-electron chi connectivity index (χ3n) is 6.84. The molecule has 244 valence electrons. The molecule has 5 N–H and O–H groups in total. The van der Waals surface area contributed by atoms with Crippen LogP contribution >= 0.6 is 15.9 Å². The van der Waals surface area contributed by atoms with E-state index in [0.717, 1.165) is 59.7 Å². The molecule has 9 nitrogen and oxygen atoms in total. The zero-order valence-electron chi connectivity index (χ0n) is 26.6. The number of nitrogens with one attached hydrogen (secondary N) is 3. The minimum Gasteiger partial charge on any atom is -0.352 e. The highest BCUT2D eigenvalue weighted by Crippen LogP contribution is 2.23. The molecule has 1 fully saturated rings. The van der Waals surface area contributed by atoms with Crippen LogP contribution in [-0.2, 0) is 19.2 Å². The lowest BCUT2D eigenvalue weighted by atomic mass is 9.99. The fraction of sp³-hybridized carbons (Fsp3) is 0.343. The van der Waals surface area contributed by atoms with Gasteiger partial charge in [0.1, 0.15) is 19.6 Å². The van der Waals surface area contributed by atoms with Crippen molar-refractivity contribution in [2.75, 3.05) is 7.05 Å². The summed E-state index contributed by atoms with van der Waals surface area (Å²) in [4.78, 5) is 55.3. The zero-order chi connectivity index (χ0) is 34.2. The minimum atomic E-state index is -1.02. The van der Waals surface area contributed by atoms with Gasteiger partial charge in [-0.05, 0) is 74.7 Å². The van der Waals surface area contributed by atoms with E-state index in [1.54, 1.807) is 24.3 Å². The Morgan fingerprint density at radius 2 is 1.51 bits per heavy atom. The monoisotopic (exact) mass is 682 g/mol. The molecule has 0 bridgehead atoms. The molecule has 1 aliphatic carbocycles. The van der Waals surface area contributed by atoms with Crippen molar-refractivity contribution < 1.29 is 24.0 Å². The number of carbonyl (C=O) groups is 5. The number of carbonyl (C=O) groups excluding carboxylic acids is 5. The lowest BCUT2D eigenvalue weighted by Gasteiger charge is -2.22. The summed E-state index contributed by atoms with van der Waals surface area (Å²) in [6, 6.07) is 14.3. The maximum Gasteiger partial charge on any atom is 0.251 e. The SMILES string of the molecule is C=C(/C=C\C(Br)=C/C)NC(=O)CC(NC(=O)c1ccc(-c2ccccc2C)cc1)C(=O)NC1CCCCCC1.C=O.C=O.CN. The average molecular weight is 684 g/mol. The smallest absolute Gasteiger partial charge is 0.251 e. The first kappa shape index (κ1) is 40.9. The molecule has 0 heterocycles. The molecule has 0 spiro atoms. The van der Waals surface area contributed by atoms with Gasteiger partial charge >= 0.3 is 0 Å². The molecule has 1 saturated carbocycles. The summed E-state index contributed by atoms with van der Waals surface area (Å²) in [6.45, 7) is 11.8. The van der Waals surface area contributed by atoms with E-state index in [-0.39, 0.29) is 18.4 Å². The van der Waals surface area contributed by atoms with Crippen LogP contribution in [0.2, 0.25) is 0 Å². The van der Waals surface area contributed by atoms with E-state index in [1.165, 1.54) is 7.05 Å². The Morgan fingerprint density at radius 3 is 2.07 bits per heavy atom. The summed E-state index contributed by atoms with van der Waals surface area (Å²) < 4.78 is 0.847. The predicted molar refractivity (Wildman–Crippen MR) is 186 cm³/mol. The quantitative estimate of drug-likeness (QED) is 0.187. The molecular weight excluding hydrogens is 636 g/mol. The normalized spacial score (nSPS) is 13.6. The Morgan fingerprint density at radius 1 is 0.933 bits per heavy atom. The van der Waals surface area contributed by atoms with Crippen molar-refractivity contribution in [3.05, 3.63) is 94.6 Å². The number of hydrogen-bond donors (Lipinski definition) is 4. The van der Waals surface area contributed by atoms with Gasteiger partial charge in [-0.3, -0.25) is 14.4 Å². The van der Waals surface area contributed by atoms with Crippen molar-refractivity contribution in [3.8, 4) is 11.1 Å². The molecule has 2 aromatic carbocycles. The third kappa shape index (κ3) is 15.4. The Hall–Kier alpha value is -4.15. The van der Waals surface area contributed by atoms with Crippen LogP contribution in [0.5, 0.6) is 0 Å². The van der Waals surface area contributed by atoms with Gasteiger partial charge in [-0.2, -0.15) is 0 Å². The summed E-state index contributed by atoms with van der Waals surface area (Å²) in [5.41, 5.74) is 8.55. The first-order valence-corrected chi connectivity index (χ1v) is 15.5. The Bertz CT molecular complexity index is 1270. The number of allylic oxidation sites excluding steroid dienone is 4. The molecule has 0 aromatic heterocycles. The highest BCUT2D eigenvalue weighted by atomic mass is 79.9. The van der Waals surface area contributed by atoms with Crippen LogP contribution in [0.3, 0.4) is 0 Å². The molecule has 1 aliphatic rings. The second kappa shape index (κ2) is 24.2. The van der Waals surface area contributed by atoms with Crippen LogP contribution in [-0.4, -0.2) is 50.4 Å². The van der Waals surface area contributed by atoms with Gasteiger partial charge in [-0.25, -0.2) is 0 Å². The molecule has 10 heteroatoms. The number of rotatable bonds is 10. The van der Waals surface area contributed by atoms with E-state index in [2.05, 4.69) is 44.2 Å². The van der Waals surface area contributed by atoms with Crippen molar-refractivity contribution in [2.45, 2.75) is 70.9 Å². The Balaban J connectivity index is 0.00000304. The first-order chi connectivity index (χ1) is 21.8. The summed E-state index contributed by atoms with van der Waals surface area (Å²) >= 11 is 3.37. The van der Waals surface area contributed by atoms with Crippen molar-refractivity contribution in [1.29, 1.82) is 0 Å². The molecular formula is C35H47BrN4O5.